The Morgan fingerprint density at radius 1 is 1.10 bits per heavy atom. The lowest BCUT2D eigenvalue weighted by molar-refractivity contribution is 0.240. The first-order valence-electron chi connectivity index (χ1n) is 9.59. The van der Waals surface area contributed by atoms with E-state index in [0.717, 1.165) is 24.8 Å². The number of amides is 2. The minimum atomic E-state index is -3.56. The number of methoxy groups -OCH3 is 1. The number of carbonyl (C=O) groups excluding carboxylic acids is 1. The van der Waals surface area contributed by atoms with E-state index in [1.165, 1.54) is 11.4 Å². The van der Waals surface area contributed by atoms with E-state index < -0.39 is 10.0 Å². The highest BCUT2D eigenvalue weighted by Crippen LogP contribution is 2.23. The van der Waals surface area contributed by atoms with Gasteiger partial charge in [0.1, 0.15) is 0 Å². The van der Waals surface area contributed by atoms with E-state index in [2.05, 4.69) is 15.6 Å². The molecule has 1 aliphatic rings. The summed E-state index contributed by atoms with van der Waals surface area (Å²) >= 11 is 0. The molecule has 1 aliphatic heterocycles. The Morgan fingerprint density at radius 2 is 1.83 bits per heavy atom. The highest BCUT2D eigenvalue weighted by Gasteiger charge is 2.27. The summed E-state index contributed by atoms with van der Waals surface area (Å²) in [6, 6.07) is 9.94. The van der Waals surface area contributed by atoms with Crippen LogP contribution in [0.25, 0.3) is 0 Å². The van der Waals surface area contributed by atoms with Crippen LogP contribution in [0.15, 0.2) is 47.5 Å². The normalized spacial score (nSPS) is 14.9. The topological polar surface area (TPSA) is 101 Å². The molecule has 1 aromatic heterocycles. The standard InChI is InChI=1S/C20H26N4O4S/c1-28-19-13-16(9-10-21-19)14-22-20(25)23-15-17-7-3-4-8-18(17)29(26,27)24-11-5-2-6-12-24/h3-4,7-10,13H,2,5-6,11-12,14-15H2,1H3,(H2,22,23,25). The summed E-state index contributed by atoms with van der Waals surface area (Å²) in [5.41, 5.74) is 1.42. The summed E-state index contributed by atoms with van der Waals surface area (Å²) in [7, 11) is -2.03. The van der Waals surface area contributed by atoms with Crippen molar-refractivity contribution in [3.05, 3.63) is 53.7 Å². The Hall–Kier alpha value is -2.65. The van der Waals surface area contributed by atoms with Gasteiger partial charge in [-0.05, 0) is 36.1 Å². The maximum Gasteiger partial charge on any atom is 0.315 e. The molecule has 0 spiro atoms. The Labute approximate surface area is 171 Å². The lowest BCUT2D eigenvalue weighted by Crippen LogP contribution is -2.37. The first-order valence-corrected chi connectivity index (χ1v) is 11.0. The fourth-order valence-electron chi connectivity index (χ4n) is 3.24. The predicted octanol–water partition coefficient (Wildman–Crippen LogP) is 2.26. The van der Waals surface area contributed by atoms with E-state index in [9.17, 15) is 13.2 Å². The van der Waals surface area contributed by atoms with Crippen molar-refractivity contribution in [2.75, 3.05) is 20.2 Å². The molecule has 0 aliphatic carbocycles. The van der Waals surface area contributed by atoms with Crippen LogP contribution in [0.3, 0.4) is 0 Å². The molecule has 2 amide bonds. The maximum atomic E-state index is 13.0. The van der Waals surface area contributed by atoms with Gasteiger partial charge >= 0.3 is 6.03 Å². The van der Waals surface area contributed by atoms with Crippen molar-refractivity contribution in [2.24, 2.45) is 0 Å². The number of hydrogen-bond acceptors (Lipinski definition) is 5. The third-order valence-corrected chi connectivity index (χ3v) is 6.81. The van der Waals surface area contributed by atoms with Crippen LogP contribution in [0.5, 0.6) is 5.88 Å². The monoisotopic (exact) mass is 418 g/mol. The highest BCUT2D eigenvalue weighted by molar-refractivity contribution is 7.89. The third kappa shape index (κ3) is 5.45. The van der Waals surface area contributed by atoms with Gasteiger partial charge in [0, 0.05) is 38.4 Å². The van der Waals surface area contributed by atoms with Crippen LogP contribution in [-0.4, -0.2) is 43.9 Å². The largest absolute Gasteiger partial charge is 0.481 e. The van der Waals surface area contributed by atoms with Gasteiger partial charge < -0.3 is 15.4 Å². The second-order valence-electron chi connectivity index (χ2n) is 6.82. The molecule has 2 heterocycles. The fourth-order valence-corrected chi connectivity index (χ4v) is 4.98. The molecule has 2 N–H and O–H groups in total. The minimum absolute atomic E-state index is 0.120. The Bertz CT molecular complexity index is 943. The molecule has 3 rings (SSSR count). The summed E-state index contributed by atoms with van der Waals surface area (Å²) in [6.07, 6.45) is 4.41. The zero-order chi connectivity index (χ0) is 20.7. The van der Waals surface area contributed by atoms with E-state index in [4.69, 9.17) is 4.74 Å². The molecule has 0 saturated carbocycles. The molecular formula is C20H26N4O4S. The minimum Gasteiger partial charge on any atom is -0.481 e. The van der Waals surface area contributed by atoms with E-state index in [1.54, 1.807) is 42.6 Å². The van der Waals surface area contributed by atoms with E-state index in [1.807, 2.05) is 0 Å². The van der Waals surface area contributed by atoms with Crippen molar-refractivity contribution in [1.29, 1.82) is 0 Å². The van der Waals surface area contributed by atoms with E-state index in [-0.39, 0.29) is 17.5 Å². The van der Waals surface area contributed by atoms with Crippen LogP contribution in [0.2, 0.25) is 0 Å². The number of carbonyl (C=O) groups is 1. The number of urea groups is 1. The first-order chi connectivity index (χ1) is 14.0. The molecule has 156 valence electrons. The molecule has 0 radical (unpaired) electrons. The number of pyridine rings is 1. The van der Waals surface area contributed by atoms with Crippen molar-refractivity contribution >= 4 is 16.1 Å². The van der Waals surface area contributed by atoms with Crippen molar-refractivity contribution < 1.29 is 17.9 Å². The molecule has 0 atom stereocenters. The second-order valence-corrected chi connectivity index (χ2v) is 8.72. The Kier molecular flexibility index (Phi) is 7.05. The average molecular weight is 419 g/mol. The van der Waals surface area contributed by atoms with Crippen LogP contribution in [0, 0.1) is 0 Å². The molecule has 0 bridgehead atoms. The lowest BCUT2D eigenvalue weighted by Gasteiger charge is -2.26. The number of rotatable bonds is 7. The number of hydrogen-bond donors (Lipinski definition) is 2. The summed E-state index contributed by atoms with van der Waals surface area (Å²) in [5, 5.41) is 5.48. The lowest BCUT2D eigenvalue weighted by atomic mass is 10.2. The van der Waals surface area contributed by atoms with Gasteiger partial charge in [0.2, 0.25) is 15.9 Å². The molecular weight excluding hydrogens is 392 g/mol. The Morgan fingerprint density at radius 3 is 2.59 bits per heavy atom. The predicted molar refractivity (Wildman–Crippen MR) is 109 cm³/mol. The van der Waals surface area contributed by atoms with Gasteiger partial charge in [-0.1, -0.05) is 24.6 Å². The summed E-state index contributed by atoms with van der Waals surface area (Å²) < 4.78 is 32.6. The van der Waals surface area contributed by atoms with Gasteiger partial charge in [0.15, 0.2) is 0 Å². The smallest absolute Gasteiger partial charge is 0.315 e. The van der Waals surface area contributed by atoms with Crippen LogP contribution in [0.4, 0.5) is 4.79 Å². The number of benzene rings is 1. The highest BCUT2D eigenvalue weighted by atomic mass is 32.2. The molecule has 0 unspecified atom stereocenters. The summed E-state index contributed by atoms with van der Waals surface area (Å²) in [4.78, 5) is 16.4. The first kappa shape index (κ1) is 21.1. The number of piperidine rings is 1. The van der Waals surface area contributed by atoms with E-state index in [0.29, 0.717) is 31.1 Å². The molecule has 1 fully saturated rings. The summed E-state index contributed by atoms with van der Waals surface area (Å²) in [5.74, 6) is 0.474. The summed E-state index contributed by atoms with van der Waals surface area (Å²) in [6.45, 7) is 1.51. The number of aromatic nitrogens is 1. The second kappa shape index (κ2) is 9.71. The van der Waals surface area contributed by atoms with Gasteiger partial charge in [0.25, 0.3) is 0 Å². The quantitative estimate of drug-likeness (QED) is 0.718. The van der Waals surface area contributed by atoms with Gasteiger partial charge in [0.05, 0.1) is 12.0 Å². The molecule has 29 heavy (non-hydrogen) atoms. The number of sulfonamides is 1. The molecule has 1 aromatic carbocycles. The van der Waals surface area contributed by atoms with E-state index >= 15 is 0 Å². The van der Waals surface area contributed by atoms with Crippen LogP contribution < -0.4 is 15.4 Å². The average Bonchev–Trinajstić information content (AvgIpc) is 2.77. The number of nitrogens with one attached hydrogen (secondary N) is 2. The number of nitrogens with zero attached hydrogens (tertiary/aromatic N) is 2. The Balaban J connectivity index is 1.61. The van der Waals surface area contributed by atoms with Crippen molar-refractivity contribution in [2.45, 2.75) is 37.2 Å². The molecule has 8 nitrogen and oxygen atoms in total. The van der Waals surface area contributed by atoms with Crippen LogP contribution in [-0.2, 0) is 23.1 Å². The molecule has 9 heteroatoms. The fraction of sp³-hybridized carbons (Fsp3) is 0.400. The zero-order valence-electron chi connectivity index (χ0n) is 16.4. The van der Waals surface area contributed by atoms with Crippen LogP contribution >= 0.6 is 0 Å². The number of ether oxygens (including phenoxy) is 1. The van der Waals surface area contributed by atoms with Crippen molar-refractivity contribution in [1.82, 2.24) is 19.9 Å². The van der Waals surface area contributed by atoms with Gasteiger partial charge in [-0.3, -0.25) is 0 Å². The maximum absolute atomic E-state index is 13.0. The van der Waals surface area contributed by atoms with Crippen molar-refractivity contribution in [3.8, 4) is 5.88 Å². The zero-order valence-corrected chi connectivity index (χ0v) is 17.2. The van der Waals surface area contributed by atoms with Crippen LogP contribution in [0.1, 0.15) is 30.4 Å². The van der Waals surface area contributed by atoms with Crippen molar-refractivity contribution in [3.63, 3.8) is 0 Å². The SMILES string of the molecule is COc1cc(CNC(=O)NCc2ccccc2S(=O)(=O)N2CCCCC2)ccn1. The molecule has 1 saturated heterocycles. The molecule has 2 aromatic rings. The van der Waals surface area contributed by atoms with Gasteiger partial charge in [-0.15, -0.1) is 0 Å². The van der Waals surface area contributed by atoms with Gasteiger partial charge in [-0.2, -0.15) is 4.31 Å². The van der Waals surface area contributed by atoms with Gasteiger partial charge in [-0.25, -0.2) is 18.2 Å². The third-order valence-electron chi connectivity index (χ3n) is 4.81.